The predicted molar refractivity (Wildman–Crippen MR) is 176 cm³/mol. The third-order valence-corrected chi connectivity index (χ3v) is 8.57. The molecule has 2 aliphatic heterocycles. The first-order chi connectivity index (χ1) is 21.3. The van der Waals surface area contributed by atoms with Crippen molar-refractivity contribution in [1.82, 2.24) is 10.6 Å². The predicted octanol–water partition coefficient (Wildman–Crippen LogP) is 8.46. The summed E-state index contributed by atoms with van der Waals surface area (Å²) >= 11 is 0. The Labute approximate surface area is 247 Å². The number of benzene rings is 6. The molecule has 6 aromatic carbocycles. The Bertz CT molecular complexity index is 2330. The molecule has 0 saturated carbocycles. The summed E-state index contributed by atoms with van der Waals surface area (Å²) in [6.07, 6.45) is 3.64. The first-order valence-corrected chi connectivity index (χ1v) is 14.6. The molecular formula is C38H26N4O. The summed E-state index contributed by atoms with van der Waals surface area (Å²) in [5.41, 5.74) is 5.06. The van der Waals surface area contributed by atoms with Crippen LogP contribution in [0.5, 0.6) is 0 Å². The summed E-state index contributed by atoms with van der Waals surface area (Å²) in [5.74, 6) is 2.38. The molecule has 0 fully saturated rings. The monoisotopic (exact) mass is 554 g/mol. The highest BCUT2D eigenvalue weighted by atomic mass is 16.3. The fourth-order valence-electron chi connectivity index (χ4n) is 6.53. The van der Waals surface area contributed by atoms with Crippen LogP contribution in [0.2, 0.25) is 0 Å². The molecule has 0 radical (unpaired) electrons. The van der Waals surface area contributed by atoms with E-state index in [0.29, 0.717) is 12.4 Å². The number of amidine groups is 2. The van der Waals surface area contributed by atoms with Gasteiger partial charge in [0.25, 0.3) is 0 Å². The second-order valence-corrected chi connectivity index (χ2v) is 11.1. The van der Waals surface area contributed by atoms with Gasteiger partial charge in [-0.2, -0.15) is 0 Å². The van der Waals surface area contributed by atoms with Gasteiger partial charge in [0.1, 0.15) is 23.3 Å². The van der Waals surface area contributed by atoms with Crippen LogP contribution in [-0.4, -0.2) is 11.7 Å². The van der Waals surface area contributed by atoms with Crippen LogP contribution in [0.3, 0.4) is 0 Å². The maximum atomic E-state index is 6.22. The third-order valence-electron chi connectivity index (χ3n) is 8.57. The van der Waals surface area contributed by atoms with Gasteiger partial charge in [-0.3, -0.25) is 0 Å². The van der Waals surface area contributed by atoms with Crippen LogP contribution in [0.15, 0.2) is 136 Å². The van der Waals surface area contributed by atoms with Crippen LogP contribution < -0.4 is 10.6 Å². The highest BCUT2D eigenvalue weighted by Crippen LogP contribution is 2.35. The van der Waals surface area contributed by atoms with E-state index < -0.39 is 0 Å². The highest BCUT2D eigenvalue weighted by molar-refractivity contribution is 6.22. The van der Waals surface area contributed by atoms with Gasteiger partial charge in [0, 0.05) is 34.8 Å². The Morgan fingerprint density at radius 3 is 2.44 bits per heavy atom. The minimum atomic E-state index is -0.282. The van der Waals surface area contributed by atoms with Gasteiger partial charge < -0.3 is 15.1 Å². The third kappa shape index (κ3) is 3.86. The Morgan fingerprint density at radius 1 is 0.698 bits per heavy atom. The van der Waals surface area contributed by atoms with Crippen LogP contribution in [0.25, 0.3) is 49.4 Å². The molecular weight excluding hydrogens is 528 g/mol. The van der Waals surface area contributed by atoms with Gasteiger partial charge in [-0.25, -0.2) is 9.98 Å². The molecule has 204 valence electrons. The number of furan rings is 1. The van der Waals surface area contributed by atoms with Crippen molar-refractivity contribution in [3.8, 4) is 0 Å². The zero-order valence-electron chi connectivity index (χ0n) is 23.2. The smallest absolute Gasteiger partial charge is 0.159 e. The molecule has 1 aromatic heterocycles. The number of rotatable bonds is 3. The van der Waals surface area contributed by atoms with Crippen LogP contribution in [-0.2, 0) is 6.54 Å². The van der Waals surface area contributed by atoms with Crippen LogP contribution in [0.4, 0.5) is 0 Å². The van der Waals surface area contributed by atoms with E-state index in [-0.39, 0.29) is 6.17 Å². The van der Waals surface area contributed by atoms with Gasteiger partial charge in [0.05, 0.1) is 0 Å². The molecule has 7 aromatic rings. The average Bonchev–Trinajstić information content (AvgIpc) is 3.47. The standard InChI is InChI=1S/C38H26N4O/c1-2-8-25(9-3-1)36-40-37(42-38(41-36)30-11-6-12-33-35(30)31-22-39-20-19-32(31)43-33)27-17-18-29-26(21-27)16-15-24-14-13-23-7-4-5-10-28(23)34(24)29/h1-21,36,39H,22H2,(H,40,41,42). The summed E-state index contributed by atoms with van der Waals surface area (Å²) in [6, 6.07) is 40.5. The van der Waals surface area contributed by atoms with Crippen molar-refractivity contribution in [2.75, 3.05) is 0 Å². The van der Waals surface area contributed by atoms with E-state index >= 15 is 0 Å². The molecule has 5 nitrogen and oxygen atoms in total. The fourth-order valence-corrected chi connectivity index (χ4v) is 6.53. The SMILES string of the molecule is C1=Cc2oc3cccc(C4=NC(c5ccc6c(ccc7ccc8ccccc8c76)c5)=NC(c5ccccc5)N4)c3c2CN1. The van der Waals surface area contributed by atoms with Crippen molar-refractivity contribution in [2.45, 2.75) is 12.7 Å². The normalized spacial score (nSPS) is 16.1. The van der Waals surface area contributed by atoms with Crippen LogP contribution >= 0.6 is 0 Å². The number of hydrogen-bond donors (Lipinski definition) is 2. The lowest BCUT2D eigenvalue weighted by molar-refractivity contribution is 0.592. The largest absolute Gasteiger partial charge is 0.456 e. The minimum Gasteiger partial charge on any atom is -0.456 e. The molecule has 3 heterocycles. The first-order valence-electron chi connectivity index (χ1n) is 14.6. The molecule has 43 heavy (non-hydrogen) atoms. The molecule has 0 spiro atoms. The molecule has 1 unspecified atom stereocenters. The molecule has 5 heteroatoms. The lowest BCUT2D eigenvalue weighted by Gasteiger charge is -2.24. The van der Waals surface area contributed by atoms with E-state index in [4.69, 9.17) is 14.4 Å². The summed E-state index contributed by atoms with van der Waals surface area (Å²) < 4.78 is 6.22. The van der Waals surface area contributed by atoms with Crippen molar-refractivity contribution < 1.29 is 4.42 Å². The summed E-state index contributed by atoms with van der Waals surface area (Å²) in [6.45, 7) is 0.708. The van der Waals surface area contributed by atoms with Gasteiger partial charge in [-0.05, 0) is 56.1 Å². The van der Waals surface area contributed by atoms with E-state index in [2.05, 4.69) is 95.6 Å². The number of aliphatic imine (C=N–C) groups is 2. The summed E-state index contributed by atoms with van der Waals surface area (Å²) in [5, 5.41) is 15.5. The van der Waals surface area contributed by atoms with Gasteiger partial charge in [-0.1, -0.05) is 103 Å². The van der Waals surface area contributed by atoms with Crippen molar-refractivity contribution >= 4 is 61.0 Å². The fraction of sp³-hybridized carbons (Fsp3) is 0.0526. The molecule has 0 amide bonds. The van der Waals surface area contributed by atoms with Gasteiger partial charge in [-0.15, -0.1) is 0 Å². The molecule has 2 aliphatic rings. The van der Waals surface area contributed by atoms with E-state index in [0.717, 1.165) is 44.8 Å². The summed E-state index contributed by atoms with van der Waals surface area (Å²) in [4.78, 5) is 10.3. The van der Waals surface area contributed by atoms with Crippen LogP contribution in [0, 0.1) is 0 Å². The van der Waals surface area contributed by atoms with Gasteiger partial charge >= 0.3 is 0 Å². The highest BCUT2D eigenvalue weighted by Gasteiger charge is 2.25. The maximum Gasteiger partial charge on any atom is 0.159 e. The summed E-state index contributed by atoms with van der Waals surface area (Å²) in [7, 11) is 0. The lowest BCUT2D eigenvalue weighted by atomic mass is 9.95. The van der Waals surface area contributed by atoms with Gasteiger partial charge in [0.15, 0.2) is 5.84 Å². The van der Waals surface area contributed by atoms with Crippen molar-refractivity contribution in [3.05, 3.63) is 149 Å². The number of fused-ring (bicyclic) bond motifs is 8. The van der Waals surface area contributed by atoms with Crippen molar-refractivity contribution in [1.29, 1.82) is 0 Å². The molecule has 9 rings (SSSR count). The Balaban J connectivity index is 1.23. The van der Waals surface area contributed by atoms with E-state index in [1.807, 2.05) is 42.6 Å². The van der Waals surface area contributed by atoms with Gasteiger partial charge in [0.2, 0.25) is 0 Å². The Hall–Kier alpha value is -5.68. The topological polar surface area (TPSA) is 61.9 Å². The van der Waals surface area contributed by atoms with Crippen molar-refractivity contribution in [3.63, 3.8) is 0 Å². The second kappa shape index (κ2) is 9.43. The zero-order valence-corrected chi connectivity index (χ0v) is 23.2. The molecule has 0 saturated heterocycles. The molecule has 2 N–H and O–H groups in total. The first kappa shape index (κ1) is 24.0. The maximum absolute atomic E-state index is 6.22. The number of nitrogens with one attached hydrogen (secondary N) is 2. The van der Waals surface area contributed by atoms with Crippen LogP contribution in [0.1, 0.15) is 34.2 Å². The minimum absolute atomic E-state index is 0.282. The number of nitrogens with zero attached hydrogens (tertiary/aromatic N) is 2. The average molecular weight is 555 g/mol. The van der Waals surface area contributed by atoms with E-state index in [9.17, 15) is 0 Å². The van der Waals surface area contributed by atoms with E-state index in [1.54, 1.807) is 0 Å². The molecule has 1 atom stereocenters. The molecule has 0 bridgehead atoms. The quantitative estimate of drug-likeness (QED) is 0.215. The Morgan fingerprint density at radius 2 is 1.51 bits per heavy atom. The second-order valence-electron chi connectivity index (χ2n) is 11.1. The lowest BCUT2D eigenvalue weighted by Crippen LogP contribution is -2.33. The van der Waals surface area contributed by atoms with E-state index in [1.165, 1.54) is 32.3 Å². The number of hydrogen-bond acceptors (Lipinski definition) is 5. The van der Waals surface area contributed by atoms with Crippen molar-refractivity contribution in [2.24, 2.45) is 9.98 Å². The Kier molecular flexibility index (Phi) is 5.26. The molecule has 0 aliphatic carbocycles. The zero-order chi connectivity index (χ0) is 28.3.